The van der Waals surface area contributed by atoms with E-state index < -0.39 is 0 Å². The van der Waals surface area contributed by atoms with Gasteiger partial charge in [0.2, 0.25) is 0 Å². The van der Waals surface area contributed by atoms with E-state index in [1.54, 1.807) is 12.1 Å². The number of hydrogen-bond donors (Lipinski definition) is 1. The molecule has 0 saturated heterocycles. The van der Waals surface area contributed by atoms with E-state index in [-0.39, 0.29) is 16.9 Å². The molecule has 1 fully saturated rings. The molecule has 2 rings (SSSR count). The molecule has 0 heterocycles. The normalized spacial score (nSPS) is 19.3. The van der Waals surface area contributed by atoms with Crippen molar-refractivity contribution in [1.82, 2.24) is 0 Å². The van der Waals surface area contributed by atoms with Gasteiger partial charge in [-0.1, -0.05) is 36.9 Å². The molecule has 17 heavy (non-hydrogen) atoms. The zero-order valence-electron chi connectivity index (χ0n) is 9.56. The summed E-state index contributed by atoms with van der Waals surface area (Å²) in [7, 11) is 0. The van der Waals surface area contributed by atoms with E-state index in [1.807, 2.05) is 0 Å². The first kappa shape index (κ1) is 13.3. The van der Waals surface area contributed by atoms with Gasteiger partial charge in [-0.05, 0) is 40.8 Å². The number of nitrogens with two attached hydrogens (primary N) is 1. The summed E-state index contributed by atoms with van der Waals surface area (Å²) >= 11 is 9.10. The number of rotatable bonds is 2. The lowest BCUT2D eigenvalue weighted by molar-refractivity contribution is 0.303. The second-order valence-electron chi connectivity index (χ2n) is 4.69. The fourth-order valence-corrected chi connectivity index (χ4v) is 3.02. The predicted octanol–water partition coefficient (Wildman–Crippen LogP) is 4.82. The third-order valence-electron chi connectivity index (χ3n) is 3.58. The first-order valence-corrected chi connectivity index (χ1v) is 7.17. The first-order chi connectivity index (χ1) is 8.11. The highest BCUT2D eigenvalue weighted by molar-refractivity contribution is 9.10. The molecule has 1 aliphatic carbocycles. The molecule has 0 aromatic heterocycles. The standard InChI is InChI=1S/C13H16BrClFN/c14-10-7-6-9(12(16)11(10)15)13(17)8-4-2-1-3-5-8/h6-8,13H,1-5,17H2. The molecule has 1 atom stereocenters. The monoisotopic (exact) mass is 319 g/mol. The third-order valence-corrected chi connectivity index (χ3v) is 4.84. The zero-order chi connectivity index (χ0) is 12.4. The summed E-state index contributed by atoms with van der Waals surface area (Å²) in [5, 5.41) is 0.133. The Bertz CT molecular complexity index is 405. The first-order valence-electron chi connectivity index (χ1n) is 6.00. The quantitative estimate of drug-likeness (QED) is 0.777. The van der Waals surface area contributed by atoms with Crippen molar-refractivity contribution in [1.29, 1.82) is 0 Å². The summed E-state index contributed by atoms with van der Waals surface area (Å²) in [6.45, 7) is 0. The van der Waals surface area contributed by atoms with Gasteiger partial charge < -0.3 is 5.73 Å². The van der Waals surface area contributed by atoms with E-state index in [0.29, 0.717) is 16.0 Å². The predicted molar refractivity (Wildman–Crippen MR) is 72.6 cm³/mol. The summed E-state index contributed by atoms with van der Waals surface area (Å²) < 4.78 is 14.6. The number of benzene rings is 1. The van der Waals surface area contributed by atoms with Gasteiger partial charge in [-0.25, -0.2) is 4.39 Å². The van der Waals surface area contributed by atoms with Crippen molar-refractivity contribution in [3.05, 3.63) is 33.0 Å². The smallest absolute Gasteiger partial charge is 0.147 e. The van der Waals surface area contributed by atoms with E-state index in [1.165, 1.54) is 19.3 Å². The molecule has 1 unspecified atom stereocenters. The molecular formula is C13H16BrClFN. The average molecular weight is 321 g/mol. The molecule has 0 radical (unpaired) electrons. The SMILES string of the molecule is NC(c1ccc(Br)c(Cl)c1F)C1CCCCC1. The van der Waals surface area contributed by atoms with Crippen LogP contribution in [0.15, 0.2) is 16.6 Å². The van der Waals surface area contributed by atoms with Crippen molar-refractivity contribution in [2.45, 2.75) is 38.1 Å². The Hall–Kier alpha value is -0.120. The van der Waals surface area contributed by atoms with Crippen LogP contribution >= 0.6 is 27.5 Å². The van der Waals surface area contributed by atoms with Crippen LogP contribution in [0, 0.1) is 11.7 Å². The molecule has 0 spiro atoms. The van der Waals surface area contributed by atoms with Gasteiger partial charge in [-0.2, -0.15) is 0 Å². The minimum absolute atomic E-state index is 0.133. The molecule has 1 saturated carbocycles. The fourth-order valence-electron chi connectivity index (χ4n) is 2.55. The van der Waals surface area contributed by atoms with Gasteiger partial charge in [0.15, 0.2) is 0 Å². The average Bonchev–Trinajstić information content (AvgIpc) is 2.36. The van der Waals surface area contributed by atoms with Gasteiger partial charge in [0.25, 0.3) is 0 Å². The van der Waals surface area contributed by atoms with Crippen LogP contribution in [0.5, 0.6) is 0 Å². The summed E-state index contributed by atoms with van der Waals surface area (Å²) in [6, 6.07) is 3.27. The molecule has 94 valence electrons. The molecule has 0 amide bonds. The molecule has 1 aliphatic rings. The second-order valence-corrected chi connectivity index (χ2v) is 5.92. The lowest BCUT2D eigenvalue weighted by Crippen LogP contribution is -2.24. The highest BCUT2D eigenvalue weighted by Gasteiger charge is 2.25. The van der Waals surface area contributed by atoms with Gasteiger partial charge in [0, 0.05) is 16.1 Å². The maximum atomic E-state index is 14.0. The van der Waals surface area contributed by atoms with Gasteiger partial charge in [0.1, 0.15) is 5.82 Å². The van der Waals surface area contributed by atoms with E-state index >= 15 is 0 Å². The maximum absolute atomic E-state index is 14.0. The van der Waals surface area contributed by atoms with Crippen molar-refractivity contribution in [2.24, 2.45) is 11.7 Å². The van der Waals surface area contributed by atoms with Crippen molar-refractivity contribution < 1.29 is 4.39 Å². The molecule has 1 aromatic carbocycles. The topological polar surface area (TPSA) is 26.0 Å². The molecular weight excluding hydrogens is 305 g/mol. The minimum Gasteiger partial charge on any atom is -0.324 e. The summed E-state index contributed by atoms with van der Waals surface area (Å²) in [6.07, 6.45) is 5.85. The van der Waals surface area contributed by atoms with Crippen LogP contribution in [0.4, 0.5) is 4.39 Å². The van der Waals surface area contributed by atoms with Crippen molar-refractivity contribution >= 4 is 27.5 Å². The van der Waals surface area contributed by atoms with Crippen molar-refractivity contribution in [3.63, 3.8) is 0 Å². The van der Waals surface area contributed by atoms with E-state index in [9.17, 15) is 4.39 Å². The van der Waals surface area contributed by atoms with Crippen LogP contribution in [0.1, 0.15) is 43.7 Å². The highest BCUT2D eigenvalue weighted by atomic mass is 79.9. The van der Waals surface area contributed by atoms with Gasteiger partial charge in [-0.3, -0.25) is 0 Å². The van der Waals surface area contributed by atoms with E-state index in [2.05, 4.69) is 15.9 Å². The van der Waals surface area contributed by atoms with Crippen LogP contribution in [-0.2, 0) is 0 Å². The zero-order valence-corrected chi connectivity index (χ0v) is 11.9. The Morgan fingerprint density at radius 3 is 2.59 bits per heavy atom. The second kappa shape index (κ2) is 5.68. The maximum Gasteiger partial charge on any atom is 0.147 e. The Kier molecular flexibility index (Phi) is 4.45. The fraction of sp³-hybridized carbons (Fsp3) is 0.538. The molecule has 1 nitrogen and oxygen atoms in total. The van der Waals surface area contributed by atoms with Gasteiger partial charge >= 0.3 is 0 Å². The van der Waals surface area contributed by atoms with Crippen LogP contribution in [0.25, 0.3) is 0 Å². The van der Waals surface area contributed by atoms with E-state index in [4.69, 9.17) is 17.3 Å². The minimum atomic E-state index is -0.376. The van der Waals surface area contributed by atoms with Gasteiger partial charge in [-0.15, -0.1) is 0 Å². The lowest BCUT2D eigenvalue weighted by Gasteiger charge is -2.28. The Balaban J connectivity index is 2.24. The molecule has 2 N–H and O–H groups in total. The lowest BCUT2D eigenvalue weighted by atomic mass is 9.81. The highest BCUT2D eigenvalue weighted by Crippen LogP contribution is 2.36. The summed E-state index contributed by atoms with van der Waals surface area (Å²) in [4.78, 5) is 0. The van der Waals surface area contributed by atoms with Crippen LogP contribution in [0.3, 0.4) is 0 Å². The van der Waals surface area contributed by atoms with Crippen molar-refractivity contribution in [2.75, 3.05) is 0 Å². The van der Waals surface area contributed by atoms with Crippen LogP contribution in [0.2, 0.25) is 5.02 Å². The van der Waals surface area contributed by atoms with Crippen LogP contribution < -0.4 is 5.73 Å². The Morgan fingerprint density at radius 2 is 1.94 bits per heavy atom. The van der Waals surface area contributed by atoms with Crippen molar-refractivity contribution in [3.8, 4) is 0 Å². The summed E-state index contributed by atoms with van der Waals surface area (Å²) in [5.41, 5.74) is 6.72. The number of hydrogen-bond acceptors (Lipinski definition) is 1. The molecule has 4 heteroatoms. The molecule has 0 aliphatic heterocycles. The Morgan fingerprint density at radius 1 is 1.29 bits per heavy atom. The van der Waals surface area contributed by atoms with Gasteiger partial charge in [0.05, 0.1) is 5.02 Å². The number of halogens is 3. The van der Waals surface area contributed by atoms with E-state index in [0.717, 1.165) is 12.8 Å². The Labute approximate surface area is 115 Å². The van der Waals surface area contributed by atoms with Crippen LogP contribution in [-0.4, -0.2) is 0 Å². The molecule has 0 bridgehead atoms. The largest absolute Gasteiger partial charge is 0.324 e. The third kappa shape index (κ3) is 2.83. The summed E-state index contributed by atoms with van der Waals surface area (Å²) in [5.74, 6) is 0.00890. The molecule has 1 aromatic rings.